The summed E-state index contributed by atoms with van der Waals surface area (Å²) in [7, 11) is 0. The van der Waals surface area contributed by atoms with Crippen LogP contribution < -0.4 is 5.32 Å². The van der Waals surface area contributed by atoms with Crippen LogP contribution in [0.4, 0.5) is 10.1 Å². The van der Waals surface area contributed by atoms with Crippen molar-refractivity contribution in [1.29, 1.82) is 0 Å². The van der Waals surface area contributed by atoms with Crippen molar-refractivity contribution in [3.05, 3.63) is 59.4 Å². The molecule has 25 heavy (non-hydrogen) atoms. The summed E-state index contributed by atoms with van der Waals surface area (Å²) in [6.07, 6.45) is -0.849. The Morgan fingerprint density at radius 2 is 1.88 bits per heavy atom. The predicted octanol–water partition coefficient (Wildman–Crippen LogP) is 4.53. The molecule has 4 nitrogen and oxygen atoms in total. The summed E-state index contributed by atoms with van der Waals surface area (Å²) >= 11 is 7.29. The molecule has 1 amide bonds. The lowest BCUT2D eigenvalue weighted by molar-refractivity contribution is -0.152. The second kappa shape index (κ2) is 9.44. The average Bonchev–Trinajstić information content (AvgIpc) is 2.58. The van der Waals surface area contributed by atoms with Crippen LogP contribution in [0.2, 0.25) is 5.02 Å². The molecule has 1 atom stereocenters. The molecule has 1 N–H and O–H groups in total. The van der Waals surface area contributed by atoms with Gasteiger partial charge in [-0.15, -0.1) is 11.8 Å². The van der Waals surface area contributed by atoms with Crippen molar-refractivity contribution in [2.45, 2.75) is 24.3 Å². The van der Waals surface area contributed by atoms with Gasteiger partial charge in [0.05, 0.1) is 12.1 Å². The molecular formula is C18H17ClFNO3S. The minimum Gasteiger partial charge on any atom is -0.453 e. The Balaban J connectivity index is 1.74. The van der Waals surface area contributed by atoms with Gasteiger partial charge in [0.2, 0.25) is 0 Å². The summed E-state index contributed by atoms with van der Waals surface area (Å²) < 4.78 is 18.6. The van der Waals surface area contributed by atoms with Crippen LogP contribution in [0.1, 0.15) is 13.3 Å². The highest BCUT2D eigenvalue weighted by Gasteiger charge is 2.18. The number of hydrogen-bond acceptors (Lipinski definition) is 4. The number of benzene rings is 2. The van der Waals surface area contributed by atoms with Crippen LogP contribution in [0.5, 0.6) is 0 Å². The van der Waals surface area contributed by atoms with Gasteiger partial charge in [0, 0.05) is 15.7 Å². The Hall–Kier alpha value is -2.05. The molecule has 0 saturated heterocycles. The summed E-state index contributed by atoms with van der Waals surface area (Å²) in [6.45, 7) is 1.44. The number of rotatable bonds is 7. The molecule has 0 radical (unpaired) electrons. The van der Waals surface area contributed by atoms with Gasteiger partial charge in [-0.3, -0.25) is 9.59 Å². The van der Waals surface area contributed by atoms with Crippen LogP contribution in [-0.4, -0.2) is 23.7 Å². The second-order valence-electron chi connectivity index (χ2n) is 5.15. The molecule has 0 heterocycles. The summed E-state index contributed by atoms with van der Waals surface area (Å²) in [6, 6.07) is 13.1. The van der Waals surface area contributed by atoms with Crippen molar-refractivity contribution in [3.63, 3.8) is 0 Å². The summed E-state index contributed by atoms with van der Waals surface area (Å²) in [5.74, 6) is -1.10. The number of nitrogens with one attached hydrogen (secondary N) is 1. The molecule has 0 aliphatic heterocycles. The maximum Gasteiger partial charge on any atom is 0.307 e. The van der Waals surface area contributed by atoms with Crippen molar-refractivity contribution < 1.29 is 18.7 Å². The van der Waals surface area contributed by atoms with Gasteiger partial charge < -0.3 is 10.1 Å². The SMILES string of the molecule is C[C@H](OC(=O)CCSc1ccc(Cl)cc1)C(=O)Nc1ccccc1F. The molecule has 2 rings (SSSR count). The monoisotopic (exact) mass is 381 g/mol. The maximum atomic E-state index is 13.5. The number of carbonyl (C=O) groups is 2. The van der Waals surface area contributed by atoms with Gasteiger partial charge in [-0.2, -0.15) is 0 Å². The molecule has 0 aromatic heterocycles. The summed E-state index contributed by atoms with van der Waals surface area (Å²) in [4.78, 5) is 24.8. The number of hydrogen-bond donors (Lipinski definition) is 1. The lowest BCUT2D eigenvalue weighted by Gasteiger charge is -2.13. The third-order valence-electron chi connectivity index (χ3n) is 3.20. The standard InChI is InChI=1S/C18H17ClFNO3S/c1-12(18(23)21-16-5-3-2-4-15(16)20)24-17(22)10-11-25-14-8-6-13(19)7-9-14/h2-9,12H,10-11H2,1H3,(H,21,23)/t12-/m0/s1. The van der Waals surface area contributed by atoms with Gasteiger partial charge in [0.25, 0.3) is 5.91 Å². The molecule has 0 spiro atoms. The number of ether oxygens (including phenoxy) is 1. The fourth-order valence-corrected chi connectivity index (χ4v) is 2.85. The number of esters is 1. The molecule has 0 aliphatic carbocycles. The highest BCUT2D eigenvalue weighted by molar-refractivity contribution is 7.99. The highest BCUT2D eigenvalue weighted by Crippen LogP contribution is 2.21. The van der Waals surface area contributed by atoms with E-state index in [4.69, 9.17) is 16.3 Å². The molecule has 7 heteroatoms. The van der Waals surface area contributed by atoms with E-state index in [1.165, 1.54) is 36.9 Å². The predicted molar refractivity (Wildman–Crippen MR) is 97.4 cm³/mol. The van der Waals surface area contributed by atoms with Gasteiger partial charge >= 0.3 is 5.97 Å². The first-order valence-electron chi connectivity index (χ1n) is 7.59. The quantitative estimate of drug-likeness (QED) is 0.565. The van der Waals surface area contributed by atoms with Gasteiger partial charge in [-0.1, -0.05) is 23.7 Å². The Bertz CT molecular complexity index is 739. The fourth-order valence-electron chi connectivity index (χ4n) is 1.89. The smallest absolute Gasteiger partial charge is 0.307 e. The second-order valence-corrected chi connectivity index (χ2v) is 6.76. The number of para-hydroxylation sites is 1. The third kappa shape index (κ3) is 6.40. The minimum absolute atomic E-state index is 0.0497. The number of anilines is 1. The van der Waals surface area contributed by atoms with Crippen LogP contribution in [0.25, 0.3) is 0 Å². The summed E-state index contributed by atoms with van der Waals surface area (Å²) in [5.41, 5.74) is 0.0497. The van der Waals surface area contributed by atoms with E-state index in [0.717, 1.165) is 4.90 Å². The molecule has 2 aromatic rings. The van der Waals surface area contributed by atoms with E-state index < -0.39 is 23.8 Å². The molecule has 0 unspecified atom stereocenters. The zero-order valence-electron chi connectivity index (χ0n) is 13.5. The first-order valence-corrected chi connectivity index (χ1v) is 8.95. The van der Waals surface area contributed by atoms with Crippen LogP contribution >= 0.6 is 23.4 Å². The van der Waals surface area contributed by atoms with E-state index in [9.17, 15) is 14.0 Å². The Morgan fingerprint density at radius 3 is 2.56 bits per heavy atom. The lowest BCUT2D eigenvalue weighted by atomic mass is 10.3. The Morgan fingerprint density at radius 1 is 1.20 bits per heavy atom. The molecule has 132 valence electrons. The third-order valence-corrected chi connectivity index (χ3v) is 4.46. The average molecular weight is 382 g/mol. The number of halogens is 2. The minimum atomic E-state index is -1.01. The first-order chi connectivity index (χ1) is 12.0. The Kier molecular flexibility index (Phi) is 7.28. The molecule has 0 bridgehead atoms. The van der Waals surface area contributed by atoms with Crippen molar-refractivity contribution in [3.8, 4) is 0 Å². The van der Waals surface area contributed by atoms with E-state index in [-0.39, 0.29) is 12.1 Å². The maximum absolute atomic E-state index is 13.5. The van der Waals surface area contributed by atoms with Crippen LogP contribution in [-0.2, 0) is 14.3 Å². The lowest BCUT2D eigenvalue weighted by Crippen LogP contribution is -2.30. The van der Waals surface area contributed by atoms with Crippen molar-refractivity contribution in [1.82, 2.24) is 0 Å². The fraction of sp³-hybridized carbons (Fsp3) is 0.222. The molecular weight excluding hydrogens is 365 g/mol. The van der Waals surface area contributed by atoms with E-state index in [1.807, 2.05) is 12.1 Å². The zero-order valence-corrected chi connectivity index (χ0v) is 15.1. The summed E-state index contributed by atoms with van der Waals surface area (Å²) in [5, 5.41) is 3.05. The molecule has 2 aromatic carbocycles. The largest absolute Gasteiger partial charge is 0.453 e. The van der Waals surface area contributed by atoms with Gasteiger partial charge in [-0.25, -0.2) is 4.39 Å². The van der Waals surface area contributed by atoms with Crippen molar-refractivity contribution >= 4 is 40.9 Å². The number of carbonyl (C=O) groups excluding carboxylic acids is 2. The van der Waals surface area contributed by atoms with Crippen LogP contribution in [0, 0.1) is 5.82 Å². The van der Waals surface area contributed by atoms with Crippen LogP contribution in [0.15, 0.2) is 53.4 Å². The van der Waals surface area contributed by atoms with Gasteiger partial charge in [0.15, 0.2) is 6.10 Å². The normalized spacial score (nSPS) is 11.6. The molecule has 0 saturated carbocycles. The van der Waals surface area contributed by atoms with Crippen LogP contribution in [0.3, 0.4) is 0 Å². The number of amides is 1. The molecule has 0 fully saturated rings. The first kappa shape index (κ1) is 19.3. The van der Waals surface area contributed by atoms with E-state index >= 15 is 0 Å². The van der Waals surface area contributed by atoms with Gasteiger partial charge in [-0.05, 0) is 43.3 Å². The van der Waals surface area contributed by atoms with Crippen molar-refractivity contribution in [2.24, 2.45) is 0 Å². The highest BCUT2D eigenvalue weighted by atomic mass is 35.5. The van der Waals surface area contributed by atoms with Gasteiger partial charge in [0.1, 0.15) is 5.82 Å². The number of thioether (sulfide) groups is 1. The molecule has 0 aliphatic rings. The topological polar surface area (TPSA) is 55.4 Å². The van der Waals surface area contributed by atoms with E-state index in [1.54, 1.807) is 18.2 Å². The Labute approximate surface area is 154 Å². The zero-order chi connectivity index (χ0) is 18.2. The van der Waals surface area contributed by atoms with E-state index in [0.29, 0.717) is 10.8 Å². The van der Waals surface area contributed by atoms with Crippen molar-refractivity contribution in [2.75, 3.05) is 11.1 Å². The van der Waals surface area contributed by atoms with E-state index in [2.05, 4.69) is 5.32 Å².